The molecule has 24 heavy (non-hydrogen) atoms. The number of carbonyl (C=O) groups is 1. The second kappa shape index (κ2) is 6.56. The predicted molar refractivity (Wildman–Crippen MR) is 92.1 cm³/mol. The lowest BCUT2D eigenvalue weighted by molar-refractivity contribution is 0.103. The van der Waals surface area contributed by atoms with Crippen LogP contribution in [0.25, 0.3) is 0 Å². The highest BCUT2D eigenvalue weighted by Gasteiger charge is 2.23. The summed E-state index contributed by atoms with van der Waals surface area (Å²) in [5.41, 5.74) is 7.66. The molecule has 0 aliphatic carbocycles. The molecule has 3 aromatic rings. The Morgan fingerprint density at radius 2 is 1.42 bits per heavy atom. The van der Waals surface area contributed by atoms with Gasteiger partial charge in [-0.15, -0.1) is 0 Å². The molecule has 1 atom stereocenters. The largest absolute Gasteiger partial charge is 0.507 e. The average molecular weight is 319 g/mol. The van der Waals surface area contributed by atoms with Gasteiger partial charge in [0.25, 0.3) is 0 Å². The SMILES string of the molecule is NC(c1ccccc1)c1ccc(O)c(C(=O)c2ccccc2)c1O. The maximum atomic E-state index is 12.6. The molecule has 0 saturated heterocycles. The lowest BCUT2D eigenvalue weighted by atomic mass is 9.93. The van der Waals surface area contributed by atoms with E-state index in [9.17, 15) is 15.0 Å². The number of phenolic OH excluding ortho intramolecular Hbond substituents is 2. The molecule has 4 heteroatoms. The summed E-state index contributed by atoms with van der Waals surface area (Å²) in [6.45, 7) is 0. The highest BCUT2D eigenvalue weighted by Crippen LogP contribution is 2.36. The molecule has 3 aromatic carbocycles. The topological polar surface area (TPSA) is 83.5 Å². The highest BCUT2D eigenvalue weighted by molar-refractivity contribution is 6.12. The van der Waals surface area contributed by atoms with Crippen LogP contribution in [0.1, 0.15) is 33.1 Å². The Balaban J connectivity index is 2.07. The van der Waals surface area contributed by atoms with Gasteiger partial charge in [-0.25, -0.2) is 0 Å². The van der Waals surface area contributed by atoms with Gasteiger partial charge in [0.1, 0.15) is 17.1 Å². The smallest absolute Gasteiger partial charge is 0.200 e. The Kier molecular flexibility index (Phi) is 4.31. The number of hydrogen-bond donors (Lipinski definition) is 3. The maximum Gasteiger partial charge on any atom is 0.200 e. The van der Waals surface area contributed by atoms with E-state index in [-0.39, 0.29) is 17.1 Å². The minimum atomic E-state index is -0.603. The first-order chi connectivity index (χ1) is 11.6. The van der Waals surface area contributed by atoms with Crippen LogP contribution >= 0.6 is 0 Å². The molecule has 0 saturated carbocycles. The van der Waals surface area contributed by atoms with E-state index in [0.717, 1.165) is 5.56 Å². The third-order valence-corrected chi connectivity index (χ3v) is 3.94. The molecule has 0 amide bonds. The lowest BCUT2D eigenvalue weighted by Crippen LogP contribution is -2.13. The number of phenols is 2. The van der Waals surface area contributed by atoms with Crippen LogP contribution in [0.3, 0.4) is 0 Å². The Morgan fingerprint density at radius 1 is 0.833 bits per heavy atom. The number of carbonyl (C=O) groups excluding carboxylic acids is 1. The molecule has 3 rings (SSSR count). The second-order valence-corrected chi connectivity index (χ2v) is 5.48. The summed E-state index contributed by atoms with van der Waals surface area (Å²) in [6.07, 6.45) is 0. The average Bonchev–Trinajstić information content (AvgIpc) is 2.63. The molecular weight excluding hydrogens is 302 g/mol. The van der Waals surface area contributed by atoms with E-state index in [4.69, 9.17) is 5.73 Å². The third-order valence-electron chi connectivity index (χ3n) is 3.94. The molecule has 0 spiro atoms. The monoisotopic (exact) mass is 319 g/mol. The van der Waals surface area contributed by atoms with Gasteiger partial charge in [0.2, 0.25) is 5.78 Å². The predicted octanol–water partition coefficient (Wildman–Crippen LogP) is 3.38. The number of hydrogen-bond acceptors (Lipinski definition) is 4. The van der Waals surface area contributed by atoms with Crippen LogP contribution in [0.15, 0.2) is 72.8 Å². The van der Waals surface area contributed by atoms with Crippen molar-refractivity contribution in [1.82, 2.24) is 0 Å². The van der Waals surface area contributed by atoms with Crippen molar-refractivity contribution in [3.05, 3.63) is 95.1 Å². The van der Waals surface area contributed by atoms with Crippen molar-refractivity contribution in [3.63, 3.8) is 0 Å². The van der Waals surface area contributed by atoms with Crippen molar-refractivity contribution in [3.8, 4) is 11.5 Å². The Morgan fingerprint density at radius 3 is 2.04 bits per heavy atom. The van der Waals surface area contributed by atoms with Crippen molar-refractivity contribution in [1.29, 1.82) is 0 Å². The molecule has 0 heterocycles. The zero-order valence-corrected chi connectivity index (χ0v) is 12.9. The zero-order valence-electron chi connectivity index (χ0n) is 12.9. The minimum absolute atomic E-state index is 0.134. The fraction of sp³-hybridized carbons (Fsp3) is 0.0500. The van der Waals surface area contributed by atoms with Crippen LogP contribution in [0.4, 0.5) is 0 Å². The fourth-order valence-electron chi connectivity index (χ4n) is 2.65. The first-order valence-corrected chi connectivity index (χ1v) is 7.54. The standard InChI is InChI=1S/C20H17NO3/c21-18(13-7-3-1-4-8-13)15-11-12-16(22)17(20(15)24)19(23)14-9-5-2-6-10-14/h1-12,18,22,24H,21H2. The van der Waals surface area contributed by atoms with Crippen molar-refractivity contribution >= 4 is 5.78 Å². The van der Waals surface area contributed by atoms with Gasteiger partial charge in [-0.05, 0) is 17.7 Å². The van der Waals surface area contributed by atoms with E-state index >= 15 is 0 Å². The van der Waals surface area contributed by atoms with Gasteiger partial charge < -0.3 is 15.9 Å². The Hall–Kier alpha value is -3.11. The number of aromatic hydroxyl groups is 2. The van der Waals surface area contributed by atoms with Crippen molar-refractivity contribution < 1.29 is 15.0 Å². The fourth-order valence-corrected chi connectivity index (χ4v) is 2.65. The maximum absolute atomic E-state index is 12.6. The molecule has 0 bridgehead atoms. The zero-order chi connectivity index (χ0) is 17.1. The summed E-state index contributed by atoms with van der Waals surface area (Å²) in [6, 6.07) is 20.1. The van der Waals surface area contributed by atoms with E-state index < -0.39 is 11.8 Å². The van der Waals surface area contributed by atoms with Gasteiger partial charge in [0, 0.05) is 11.1 Å². The molecule has 4 N–H and O–H groups in total. The summed E-state index contributed by atoms with van der Waals surface area (Å²) in [7, 11) is 0. The molecule has 0 fully saturated rings. The third kappa shape index (κ3) is 2.87. The summed E-state index contributed by atoms with van der Waals surface area (Å²) in [5.74, 6) is -1.02. The molecule has 0 aromatic heterocycles. The molecule has 0 aliphatic heterocycles. The lowest BCUT2D eigenvalue weighted by Gasteiger charge is -2.17. The summed E-state index contributed by atoms with van der Waals surface area (Å²) in [5, 5.41) is 20.7. The molecule has 0 radical (unpaired) electrons. The Bertz CT molecular complexity index is 861. The number of nitrogens with two attached hydrogens (primary N) is 1. The molecular formula is C20H17NO3. The first-order valence-electron chi connectivity index (χ1n) is 7.54. The van der Waals surface area contributed by atoms with Gasteiger partial charge in [-0.3, -0.25) is 4.79 Å². The van der Waals surface area contributed by atoms with Crippen LogP contribution in [-0.2, 0) is 0 Å². The Labute approximate surface area is 139 Å². The molecule has 1 unspecified atom stereocenters. The van der Waals surface area contributed by atoms with Crippen LogP contribution < -0.4 is 5.73 Å². The van der Waals surface area contributed by atoms with E-state index in [1.165, 1.54) is 12.1 Å². The van der Waals surface area contributed by atoms with E-state index in [0.29, 0.717) is 11.1 Å². The van der Waals surface area contributed by atoms with Gasteiger partial charge in [0.15, 0.2) is 0 Å². The van der Waals surface area contributed by atoms with Crippen LogP contribution in [0, 0.1) is 0 Å². The summed E-state index contributed by atoms with van der Waals surface area (Å²) in [4.78, 5) is 12.6. The minimum Gasteiger partial charge on any atom is -0.507 e. The second-order valence-electron chi connectivity index (χ2n) is 5.48. The highest BCUT2D eigenvalue weighted by atomic mass is 16.3. The van der Waals surface area contributed by atoms with Crippen molar-refractivity contribution in [2.24, 2.45) is 5.73 Å². The number of ketones is 1. The quantitative estimate of drug-likeness (QED) is 0.644. The van der Waals surface area contributed by atoms with E-state index in [1.807, 2.05) is 30.3 Å². The van der Waals surface area contributed by atoms with Gasteiger partial charge in [0.05, 0.1) is 6.04 Å². The van der Waals surface area contributed by atoms with Crippen molar-refractivity contribution in [2.75, 3.05) is 0 Å². The van der Waals surface area contributed by atoms with Gasteiger partial charge >= 0.3 is 0 Å². The van der Waals surface area contributed by atoms with E-state index in [1.54, 1.807) is 30.3 Å². The normalized spacial score (nSPS) is 11.9. The van der Waals surface area contributed by atoms with Gasteiger partial charge in [-0.2, -0.15) is 0 Å². The molecule has 120 valence electrons. The summed E-state index contributed by atoms with van der Waals surface area (Å²) >= 11 is 0. The number of rotatable bonds is 4. The van der Waals surface area contributed by atoms with Crippen molar-refractivity contribution in [2.45, 2.75) is 6.04 Å². The van der Waals surface area contributed by atoms with Gasteiger partial charge in [-0.1, -0.05) is 60.7 Å². The van der Waals surface area contributed by atoms with Crippen LogP contribution in [-0.4, -0.2) is 16.0 Å². The van der Waals surface area contributed by atoms with E-state index in [2.05, 4.69) is 0 Å². The molecule has 4 nitrogen and oxygen atoms in total. The van der Waals surface area contributed by atoms with Crippen LogP contribution in [0.2, 0.25) is 0 Å². The first kappa shape index (κ1) is 15.8. The van der Waals surface area contributed by atoms with Crippen LogP contribution in [0.5, 0.6) is 11.5 Å². The summed E-state index contributed by atoms with van der Waals surface area (Å²) < 4.78 is 0. The molecule has 0 aliphatic rings. The number of benzene rings is 3.